The van der Waals surface area contributed by atoms with Gasteiger partial charge in [0.1, 0.15) is 11.4 Å². The number of benzene rings is 2. The first-order valence-electron chi connectivity index (χ1n) is 10.6. The molecule has 3 N–H and O–H groups in total. The Kier molecular flexibility index (Phi) is 9.08. The fourth-order valence-electron chi connectivity index (χ4n) is 3.47. The molecule has 2 rings (SSSR count). The summed E-state index contributed by atoms with van der Waals surface area (Å²) >= 11 is 0. The molecular weight excluding hydrogens is 410 g/mol. The second-order valence-electron chi connectivity index (χ2n) is 8.80. The molecule has 0 radical (unpaired) electrons. The number of para-hydroxylation sites is 1. The molecule has 7 nitrogen and oxygen atoms in total. The van der Waals surface area contributed by atoms with Crippen molar-refractivity contribution in [2.45, 2.75) is 57.8 Å². The zero-order valence-electron chi connectivity index (χ0n) is 19.1. The molecule has 0 aliphatic carbocycles. The molecule has 0 saturated heterocycles. The number of carboxylic acid groups (broad SMARTS) is 1. The van der Waals surface area contributed by atoms with Gasteiger partial charge in [0.15, 0.2) is 0 Å². The standard InChI is InChI=1S/C25H33NO6/c1-25(2,3)32-24(30)26-20(14-17-10-6-5-7-11-17)21(27)16-19(23(28)29)15-18-12-8-9-13-22(18)31-4/h5-13,19-21,27H,14-16H2,1-4H3,(H,26,30)(H,28,29)/t19-,20+,21+/m1/s1. The average Bonchev–Trinajstić information content (AvgIpc) is 2.72. The van der Waals surface area contributed by atoms with Crippen molar-refractivity contribution in [2.24, 2.45) is 5.92 Å². The van der Waals surface area contributed by atoms with Crippen LogP contribution in [0.5, 0.6) is 5.75 Å². The summed E-state index contributed by atoms with van der Waals surface area (Å²) in [4.78, 5) is 24.3. The van der Waals surface area contributed by atoms with Crippen LogP contribution in [0.2, 0.25) is 0 Å². The van der Waals surface area contributed by atoms with Gasteiger partial charge < -0.3 is 25.0 Å². The molecule has 0 spiro atoms. The topological polar surface area (TPSA) is 105 Å². The van der Waals surface area contributed by atoms with Crippen molar-refractivity contribution in [3.8, 4) is 5.75 Å². The Balaban J connectivity index is 2.18. The van der Waals surface area contributed by atoms with Crippen molar-refractivity contribution < 1.29 is 29.3 Å². The van der Waals surface area contributed by atoms with Gasteiger partial charge in [-0.05, 0) is 57.2 Å². The monoisotopic (exact) mass is 443 g/mol. The lowest BCUT2D eigenvalue weighted by atomic mass is 9.89. The molecule has 1 amide bonds. The van der Waals surface area contributed by atoms with Crippen molar-refractivity contribution in [3.63, 3.8) is 0 Å². The average molecular weight is 444 g/mol. The minimum atomic E-state index is -1.10. The van der Waals surface area contributed by atoms with Crippen LogP contribution in [0.15, 0.2) is 54.6 Å². The number of aliphatic hydroxyl groups excluding tert-OH is 1. The van der Waals surface area contributed by atoms with Crippen molar-refractivity contribution in [1.29, 1.82) is 0 Å². The summed E-state index contributed by atoms with van der Waals surface area (Å²) in [5.41, 5.74) is 0.957. The van der Waals surface area contributed by atoms with E-state index in [1.54, 1.807) is 26.8 Å². The van der Waals surface area contributed by atoms with E-state index >= 15 is 0 Å². The number of aliphatic carboxylic acids is 1. The fourth-order valence-corrected chi connectivity index (χ4v) is 3.47. The Morgan fingerprint density at radius 2 is 1.62 bits per heavy atom. The van der Waals surface area contributed by atoms with Gasteiger partial charge in [-0.1, -0.05) is 48.5 Å². The van der Waals surface area contributed by atoms with Gasteiger partial charge in [-0.25, -0.2) is 4.79 Å². The van der Waals surface area contributed by atoms with Gasteiger partial charge in [-0.3, -0.25) is 4.79 Å². The van der Waals surface area contributed by atoms with Crippen LogP contribution in [0.25, 0.3) is 0 Å². The Morgan fingerprint density at radius 1 is 1.00 bits per heavy atom. The number of hydrogen-bond acceptors (Lipinski definition) is 5. The third kappa shape index (κ3) is 8.23. The number of aliphatic hydroxyl groups is 1. The van der Waals surface area contributed by atoms with E-state index in [4.69, 9.17) is 9.47 Å². The first kappa shape index (κ1) is 25.2. The molecule has 0 heterocycles. The van der Waals surface area contributed by atoms with E-state index in [-0.39, 0.29) is 12.8 Å². The number of nitrogens with one attached hydrogen (secondary N) is 1. The third-order valence-electron chi connectivity index (χ3n) is 5.00. The SMILES string of the molecule is COc1ccccc1C[C@H](C[C@H](O)[C@H](Cc1ccccc1)NC(=O)OC(C)(C)C)C(=O)O. The smallest absolute Gasteiger partial charge is 0.407 e. The number of methoxy groups -OCH3 is 1. The summed E-state index contributed by atoms with van der Waals surface area (Å²) in [7, 11) is 1.53. The maximum Gasteiger partial charge on any atom is 0.407 e. The molecule has 2 aromatic carbocycles. The molecule has 3 atom stereocenters. The van der Waals surface area contributed by atoms with E-state index in [0.29, 0.717) is 12.2 Å². The molecule has 0 aliphatic rings. The van der Waals surface area contributed by atoms with E-state index in [1.807, 2.05) is 48.5 Å². The molecule has 7 heteroatoms. The lowest BCUT2D eigenvalue weighted by molar-refractivity contribution is -0.143. The fraction of sp³-hybridized carbons (Fsp3) is 0.440. The maximum atomic E-state index is 12.4. The summed E-state index contributed by atoms with van der Waals surface area (Å²) in [6.45, 7) is 5.26. The lowest BCUT2D eigenvalue weighted by Crippen LogP contribution is -2.47. The number of carboxylic acids is 1. The zero-order chi connectivity index (χ0) is 23.7. The Bertz CT molecular complexity index is 878. The van der Waals surface area contributed by atoms with Crippen LogP contribution in [0.3, 0.4) is 0 Å². The highest BCUT2D eigenvalue weighted by Crippen LogP contribution is 2.24. The summed E-state index contributed by atoms with van der Waals surface area (Å²) in [5.74, 6) is -1.29. The summed E-state index contributed by atoms with van der Waals surface area (Å²) in [6.07, 6.45) is -1.27. The van der Waals surface area contributed by atoms with Gasteiger partial charge in [0, 0.05) is 0 Å². The largest absolute Gasteiger partial charge is 0.496 e. The number of ether oxygens (including phenoxy) is 2. The molecule has 0 bridgehead atoms. The van der Waals surface area contributed by atoms with E-state index < -0.39 is 35.7 Å². The van der Waals surface area contributed by atoms with Crippen LogP contribution in [0.4, 0.5) is 4.79 Å². The van der Waals surface area contributed by atoms with E-state index in [1.165, 1.54) is 7.11 Å². The van der Waals surface area contributed by atoms with Crippen LogP contribution >= 0.6 is 0 Å². The first-order valence-corrected chi connectivity index (χ1v) is 10.6. The van der Waals surface area contributed by atoms with Crippen LogP contribution < -0.4 is 10.1 Å². The van der Waals surface area contributed by atoms with Crippen molar-refractivity contribution in [3.05, 3.63) is 65.7 Å². The van der Waals surface area contributed by atoms with Gasteiger partial charge in [0.2, 0.25) is 0 Å². The predicted molar refractivity (Wildman–Crippen MR) is 122 cm³/mol. The molecule has 0 unspecified atom stereocenters. The number of carbonyl (C=O) groups excluding carboxylic acids is 1. The van der Waals surface area contributed by atoms with Gasteiger partial charge >= 0.3 is 12.1 Å². The molecule has 0 aliphatic heterocycles. The molecular formula is C25H33NO6. The summed E-state index contributed by atoms with van der Waals surface area (Å²) < 4.78 is 10.7. The van der Waals surface area contributed by atoms with Gasteiger partial charge in [0.05, 0.1) is 25.2 Å². The van der Waals surface area contributed by atoms with E-state index in [0.717, 1.165) is 11.1 Å². The quantitative estimate of drug-likeness (QED) is 0.516. The van der Waals surface area contributed by atoms with Crippen molar-refractivity contribution in [2.75, 3.05) is 7.11 Å². The van der Waals surface area contributed by atoms with Gasteiger partial charge in [0.25, 0.3) is 0 Å². The second-order valence-corrected chi connectivity index (χ2v) is 8.80. The van der Waals surface area contributed by atoms with Crippen molar-refractivity contribution >= 4 is 12.1 Å². The number of alkyl carbamates (subject to hydrolysis) is 1. The van der Waals surface area contributed by atoms with Crippen LogP contribution in [-0.2, 0) is 22.4 Å². The Hall–Kier alpha value is -3.06. The van der Waals surface area contributed by atoms with Crippen LogP contribution in [-0.4, -0.2) is 47.1 Å². The van der Waals surface area contributed by atoms with Crippen LogP contribution in [0.1, 0.15) is 38.3 Å². The van der Waals surface area contributed by atoms with Gasteiger partial charge in [-0.2, -0.15) is 0 Å². The summed E-state index contributed by atoms with van der Waals surface area (Å²) in [6, 6.07) is 15.9. The van der Waals surface area contributed by atoms with Gasteiger partial charge in [-0.15, -0.1) is 0 Å². The van der Waals surface area contributed by atoms with Crippen LogP contribution in [0, 0.1) is 5.92 Å². The highest BCUT2D eigenvalue weighted by molar-refractivity contribution is 5.71. The summed E-state index contributed by atoms with van der Waals surface area (Å²) in [5, 5.41) is 23.5. The van der Waals surface area contributed by atoms with Crippen molar-refractivity contribution in [1.82, 2.24) is 5.32 Å². The molecule has 0 aromatic heterocycles. The number of amides is 1. The molecule has 0 fully saturated rings. The molecule has 0 saturated carbocycles. The zero-order valence-corrected chi connectivity index (χ0v) is 19.1. The van der Waals surface area contributed by atoms with E-state index in [2.05, 4.69) is 5.32 Å². The lowest BCUT2D eigenvalue weighted by Gasteiger charge is -2.28. The Morgan fingerprint density at radius 3 is 2.22 bits per heavy atom. The second kappa shape index (κ2) is 11.5. The molecule has 32 heavy (non-hydrogen) atoms. The minimum absolute atomic E-state index is 0.0410. The highest BCUT2D eigenvalue weighted by Gasteiger charge is 2.30. The number of hydrogen-bond donors (Lipinski definition) is 3. The third-order valence-corrected chi connectivity index (χ3v) is 5.00. The Labute approximate surface area is 189 Å². The maximum absolute atomic E-state index is 12.4. The normalized spacial score (nSPS) is 14.2. The predicted octanol–water partition coefficient (Wildman–Crippen LogP) is 3.83. The number of carbonyl (C=O) groups is 2. The molecule has 174 valence electrons. The minimum Gasteiger partial charge on any atom is -0.496 e. The molecule has 2 aromatic rings. The number of rotatable bonds is 10. The first-order chi connectivity index (χ1) is 15.1. The van der Waals surface area contributed by atoms with E-state index in [9.17, 15) is 19.8 Å². The highest BCUT2D eigenvalue weighted by atomic mass is 16.6.